The summed E-state index contributed by atoms with van der Waals surface area (Å²) in [5.41, 5.74) is 1.67. The molecule has 0 saturated carbocycles. The number of aromatic nitrogens is 1. The van der Waals surface area contributed by atoms with Crippen molar-refractivity contribution in [2.45, 2.75) is 32.2 Å². The fourth-order valence-corrected chi connectivity index (χ4v) is 4.68. The molecular formula is C26H26N2O4. The van der Waals surface area contributed by atoms with E-state index in [1.165, 1.54) is 6.20 Å². The second-order valence-electron chi connectivity index (χ2n) is 8.18. The molecule has 1 amide bonds. The van der Waals surface area contributed by atoms with Gasteiger partial charge in [0.15, 0.2) is 5.43 Å². The van der Waals surface area contributed by atoms with Crippen LogP contribution in [0.3, 0.4) is 0 Å². The molecule has 0 saturated heterocycles. The maximum Gasteiger partial charge on any atom is 0.341 e. The zero-order chi connectivity index (χ0) is 22.8. The average Bonchev–Trinajstić information content (AvgIpc) is 2.80. The lowest BCUT2D eigenvalue weighted by atomic mass is 9.83. The Morgan fingerprint density at radius 2 is 1.59 bits per heavy atom. The Labute approximate surface area is 186 Å². The lowest BCUT2D eigenvalue weighted by Gasteiger charge is -2.41. The van der Waals surface area contributed by atoms with E-state index in [1.807, 2.05) is 67.6 Å². The van der Waals surface area contributed by atoms with Crippen LogP contribution < -0.4 is 5.43 Å². The molecular weight excluding hydrogens is 404 g/mol. The van der Waals surface area contributed by atoms with Crippen LogP contribution in [0.4, 0.5) is 0 Å². The van der Waals surface area contributed by atoms with E-state index < -0.39 is 11.4 Å². The third-order valence-corrected chi connectivity index (χ3v) is 6.15. The molecule has 2 heterocycles. The van der Waals surface area contributed by atoms with E-state index >= 15 is 0 Å². The van der Waals surface area contributed by atoms with Crippen molar-refractivity contribution in [3.63, 3.8) is 0 Å². The fourth-order valence-electron chi connectivity index (χ4n) is 4.68. The Hall–Kier alpha value is -3.67. The second kappa shape index (κ2) is 8.83. The largest absolute Gasteiger partial charge is 0.477 e. The van der Waals surface area contributed by atoms with Gasteiger partial charge in [-0.1, -0.05) is 67.6 Å². The topological polar surface area (TPSA) is 79.6 Å². The van der Waals surface area contributed by atoms with Gasteiger partial charge in [-0.05, 0) is 24.5 Å². The van der Waals surface area contributed by atoms with Crippen LogP contribution in [-0.2, 0) is 0 Å². The van der Waals surface area contributed by atoms with E-state index in [1.54, 1.807) is 16.4 Å². The molecule has 0 bridgehead atoms. The Balaban J connectivity index is 2.00. The van der Waals surface area contributed by atoms with E-state index in [0.29, 0.717) is 13.1 Å². The summed E-state index contributed by atoms with van der Waals surface area (Å²) >= 11 is 0. The third-order valence-electron chi connectivity index (χ3n) is 6.15. The van der Waals surface area contributed by atoms with Crippen molar-refractivity contribution in [2.75, 3.05) is 13.1 Å². The van der Waals surface area contributed by atoms with Crippen molar-refractivity contribution in [1.82, 2.24) is 9.47 Å². The molecule has 0 radical (unpaired) electrons. The molecule has 3 aromatic rings. The normalized spacial score (nSPS) is 15.7. The first kappa shape index (κ1) is 21.6. The number of amides is 1. The molecule has 0 fully saturated rings. The molecule has 0 unspecified atom stereocenters. The number of fused-ring (bicyclic) bond motifs is 1. The van der Waals surface area contributed by atoms with Crippen molar-refractivity contribution >= 4 is 11.9 Å². The number of benzene rings is 2. The van der Waals surface area contributed by atoms with Crippen LogP contribution >= 0.6 is 0 Å². The van der Waals surface area contributed by atoms with E-state index in [9.17, 15) is 19.5 Å². The zero-order valence-electron chi connectivity index (χ0n) is 18.2. The molecule has 1 N–H and O–H groups in total. The molecule has 0 aliphatic carbocycles. The van der Waals surface area contributed by atoms with Gasteiger partial charge in [0.05, 0.1) is 6.04 Å². The summed E-state index contributed by atoms with van der Waals surface area (Å²) in [5, 5.41) is 9.64. The summed E-state index contributed by atoms with van der Waals surface area (Å²) in [6, 6.07) is 19.7. The maximum atomic E-state index is 13.3. The number of carbonyl (C=O) groups is 2. The van der Waals surface area contributed by atoms with Gasteiger partial charge in [-0.15, -0.1) is 0 Å². The second-order valence-corrected chi connectivity index (χ2v) is 8.18. The third kappa shape index (κ3) is 3.73. The Kier molecular flexibility index (Phi) is 5.95. The summed E-state index contributed by atoms with van der Waals surface area (Å²) in [6.07, 6.45) is 2.15. The van der Waals surface area contributed by atoms with Crippen molar-refractivity contribution in [3.05, 3.63) is 105 Å². The van der Waals surface area contributed by atoms with Gasteiger partial charge in [-0.25, -0.2) is 4.79 Å². The standard InChI is InChI=1S/C26H26N2O4/c1-3-14-27-16-21(22(18-10-6-4-7-11-18)19-12-8-5-9-13-19)28-15-20(26(31)32)24(29)17(2)23(28)25(27)30/h4-13,15,21-22H,3,14,16H2,1-2H3,(H,31,32)/t21-/m1/s1. The van der Waals surface area contributed by atoms with Crippen molar-refractivity contribution in [1.29, 1.82) is 0 Å². The van der Waals surface area contributed by atoms with Crippen LogP contribution in [0.15, 0.2) is 71.7 Å². The molecule has 6 nitrogen and oxygen atoms in total. The SMILES string of the molecule is CCCN1C[C@H](C(c2ccccc2)c2ccccc2)n2cc(C(=O)O)c(=O)c(C)c2C1=O. The van der Waals surface area contributed by atoms with Crippen LogP contribution in [0.5, 0.6) is 0 Å². The zero-order valence-corrected chi connectivity index (χ0v) is 18.2. The molecule has 1 aromatic heterocycles. The first-order chi connectivity index (χ1) is 15.4. The first-order valence-electron chi connectivity index (χ1n) is 10.8. The van der Waals surface area contributed by atoms with Gasteiger partial charge in [0.1, 0.15) is 11.3 Å². The van der Waals surface area contributed by atoms with Crippen LogP contribution in [-0.4, -0.2) is 39.5 Å². The van der Waals surface area contributed by atoms with Gasteiger partial charge in [0.2, 0.25) is 0 Å². The number of pyridine rings is 1. The van der Waals surface area contributed by atoms with Crippen molar-refractivity contribution in [2.24, 2.45) is 0 Å². The van der Waals surface area contributed by atoms with E-state index in [0.717, 1.165) is 17.5 Å². The first-order valence-corrected chi connectivity index (χ1v) is 10.8. The lowest BCUT2D eigenvalue weighted by molar-refractivity contribution is 0.0642. The minimum Gasteiger partial charge on any atom is -0.477 e. The fraction of sp³-hybridized carbons (Fsp3) is 0.269. The van der Waals surface area contributed by atoms with Gasteiger partial charge in [0.25, 0.3) is 5.91 Å². The van der Waals surface area contributed by atoms with Gasteiger partial charge < -0.3 is 14.6 Å². The number of aromatic carboxylic acids is 1. The lowest BCUT2D eigenvalue weighted by Crippen LogP contribution is -2.47. The minimum atomic E-state index is -1.29. The van der Waals surface area contributed by atoms with E-state index in [2.05, 4.69) is 0 Å². The molecule has 6 heteroatoms. The smallest absolute Gasteiger partial charge is 0.341 e. The highest BCUT2D eigenvalue weighted by Crippen LogP contribution is 2.39. The van der Waals surface area contributed by atoms with Gasteiger partial charge in [0, 0.05) is 30.8 Å². The Morgan fingerprint density at radius 3 is 2.09 bits per heavy atom. The number of nitrogens with zero attached hydrogens (tertiary/aromatic N) is 2. The highest BCUT2D eigenvalue weighted by atomic mass is 16.4. The summed E-state index contributed by atoms with van der Waals surface area (Å²) in [6.45, 7) is 4.55. The number of hydrogen-bond donors (Lipinski definition) is 1. The number of carbonyl (C=O) groups excluding carboxylic acids is 1. The maximum absolute atomic E-state index is 13.3. The predicted octanol–water partition coefficient (Wildman–Crippen LogP) is 4.09. The number of hydrogen-bond acceptors (Lipinski definition) is 3. The molecule has 1 aliphatic rings. The summed E-state index contributed by atoms with van der Waals surface area (Å²) in [7, 11) is 0. The summed E-state index contributed by atoms with van der Waals surface area (Å²) in [5.74, 6) is -1.65. The van der Waals surface area contributed by atoms with Crippen LogP contribution in [0.25, 0.3) is 0 Å². The van der Waals surface area contributed by atoms with Crippen LogP contribution in [0.1, 0.15) is 62.8 Å². The Morgan fingerprint density at radius 1 is 1.03 bits per heavy atom. The van der Waals surface area contributed by atoms with Gasteiger partial charge in [-0.3, -0.25) is 9.59 Å². The van der Waals surface area contributed by atoms with Crippen LogP contribution in [0, 0.1) is 6.92 Å². The highest BCUT2D eigenvalue weighted by Gasteiger charge is 2.38. The molecule has 4 rings (SSSR count). The quantitative estimate of drug-likeness (QED) is 0.639. The monoisotopic (exact) mass is 430 g/mol. The number of rotatable bonds is 6. The summed E-state index contributed by atoms with van der Waals surface area (Å²) in [4.78, 5) is 39.7. The molecule has 32 heavy (non-hydrogen) atoms. The number of carboxylic acids is 1. The molecule has 1 aliphatic heterocycles. The number of carboxylic acid groups (broad SMARTS) is 1. The van der Waals surface area contributed by atoms with E-state index in [-0.39, 0.29) is 34.7 Å². The molecule has 2 aromatic carbocycles. The molecule has 164 valence electrons. The van der Waals surface area contributed by atoms with Crippen molar-refractivity contribution < 1.29 is 14.7 Å². The van der Waals surface area contributed by atoms with Crippen molar-refractivity contribution in [3.8, 4) is 0 Å². The molecule has 0 spiro atoms. The van der Waals surface area contributed by atoms with Crippen LogP contribution in [0.2, 0.25) is 0 Å². The summed E-state index contributed by atoms with van der Waals surface area (Å²) < 4.78 is 1.74. The molecule has 1 atom stereocenters. The average molecular weight is 431 g/mol. The Bertz CT molecular complexity index is 1160. The van der Waals surface area contributed by atoms with E-state index in [4.69, 9.17) is 0 Å². The predicted molar refractivity (Wildman–Crippen MR) is 122 cm³/mol. The van der Waals surface area contributed by atoms with Gasteiger partial charge in [-0.2, -0.15) is 0 Å². The van der Waals surface area contributed by atoms with Gasteiger partial charge >= 0.3 is 5.97 Å². The minimum absolute atomic E-state index is 0.132. The highest BCUT2D eigenvalue weighted by molar-refractivity contribution is 5.96.